The molecule has 0 bridgehead atoms. The molecule has 5 rings (SSSR count). The maximum absolute atomic E-state index is 8.07. The highest BCUT2D eigenvalue weighted by Gasteiger charge is 2.75. The molecular weight excluding hydrogens is 280 g/mol. The molecule has 1 spiro atoms. The van der Waals surface area contributed by atoms with Gasteiger partial charge < -0.3 is 11.1 Å². The Kier molecular flexibility index (Phi) is 2.75. The summed E-state index contributed by atoms with van der Waals surface area (Å²) in [6.45, 7) is 7.54. The van der Waals surface area contributed by atoms with Gasteiger partial charge in [0.25, 0.3) is 0 Å². The second-order valence-corrected chi connectivity index (χ2v) is 9.89. The number of hydrogen-bond donors (Lipinski definition) is 2. The van der Waals surface area contributed by atoms with E-state index in [0.29, 0.717) is 11.3 Å². The van der Waals surface area contributed by atoms with Gasteiger partial charge in [0.2, 0.25) is 0 Å². The molecule has 5 aliphatic rings. The minimum Gasteiger partial charge on any atom is -0.321 e. The van der Waals surface area contributed by atoms with E-state index >= 15 is 0 Å². The average molecular weight is 313 g/mol. The second-order valence-electron chi connectivity index (χ2n) is 9.89. The Morgan fingerprint density at radius 2 is 1.91 bits per heavy atom. The molecule has 23 heavy (non-hydrogen) atoms. The summed E-state index contributed by atoms with van der Waals surface area (Å²) in [7, 11) is 0. The Balaban J connectivity index is 1.55. The molecule has 0 aromatic carbocycles. The molecule has 2 nitrogen and oxygen atoms in total. The largest absolute Gasteiger partial charge is 0.321 e. The highest BCUT2D eigenvalue weighted by Crippen LogP contribution is 2.80. The first-order chi connectivity index (χ1) is 10.9. The van der Waals surface area contributed by atoms with Crippen LogP contribution in [-0.4, -0.2) is 11.3 Å². The van der Waals surface area contributed by atoms with Crippen LogP contribution in [0.2, 0.25) is 0 Å². The maximum atomic E-state index is 8.07. The Bertz CT molecular complexity index is 607. The molecule has 9 unspecified atom stereocenters. The van der Waals surface area contributed by atoms with Gasteiger partial charge in [0.1, 0.15) is 0 Å². The third-order valence-electron chi connectivity index (χ3n) is 9.26. The molecule has 9 atom stereocenters. The molecule has 0 radical (unpaired) electrons. The van der Waals surface area contributed by atoms with Gasteiger partial charge in [-0.05, 0) is 97.0 Å². The van der Waals surface area contributed by atoms with Crippen molar-refractivity contribution in [1.82, 2.24) is 0 Å². The van der Waals surface area contributed by atoms with Crippen molar-refractivity contribution >= 4 is 5.71 Å². The zero-order valence-corrected chi connectivity index (χ0v) is 14.9. The fraction of sp³-hybridized carbons (Fsp3) is 0.857. The van der Waals surface area contributed by atoms with Crippen molar-refractivity contribution < 1.29 is 0 Å². The number of nitrogens with one attached hydrogen (secondary N) is 1. The first-order valence-corrected chi connectivity index (χ1v) is 9.97. The molecule has 2 heteroatoms. The summed E-state index contributed by atoms with van der Waals surface area (Å²) in [5.74, 6) is 6.14. The van der Waals surface area contributed by atoms with Crippen LogP contribution < -0.4 is 5.73 Å². The highest BCUT2D eigenvalue weighted by molar-refractivity contribution is 5.94. The van der Waals surface area contributed by atoms with Gasteiger partial charge in [-0.3, -0.25) is 0 Å². The third-order valence-corrected chi connectivity index (χ3v) is 9.26. The van der Waals surface area contributed by atoms with Crippen molar-refractivity contribution in [2.24, 2.45) is 52.6 Å². The predicted molar refractivity (Wildman–Crippen MR) is 94.3 cm³/mol. The molecule has 4 saturated carbocycles. The van der Waals surface area contributed by atoms with Crippen LogP contribution in [0, 0.1) is 52.2 Å². The van der Waals surface area contributed by atoms with E-state index in [4.69, 9.17) is 11.1 Å². The lowest BCUT2D eigenvalue weighted by molar-refractivity contribution is -0.0201. The van der Waals surface area contributed by atoms with Gasteiger partial charge in [-0.1, -0.05) is 20.8 Å². The fourth-order valence-electron chi connectivity index (χ4n) is 8.51. The fourth-order valence-corrected chi connectivity index (χ4v) is 8.51. The van der Waals surface area contributed by atoms with Crippen LogP contribution in [0.3, 0.4) is 0 Å². The van der Waals surface area contributed by atoms with Crippen molar-refractivity contribution in [3.63, 3.8) is 0 Å². The molecule has 0 saturated heterocycles. The number of allylic oxidation sites excluding steroid dienone is 1. The molecule has 4 fully saturated rings. The smallest absolute Gasteiger partial charge is 0.0407 e. The average Bonchev–Trinajstić information content (AvgIpc) is 2.94. The summed E-state index contributed by atoms with van der Waals surface area (Å²) < 4.78 is 0. The number of hydrogen-bond acceptors (Lipinski definition) is 2. The van der Waals surface area contributed by atoms with Crippen LogP contribution in [0.25, 0.3) is 0 Å². The number of nitrogens with two attached hydrogens (primary N) is 1. The van der Waals surface area contributed by atoms with E-state index in [1.807, 2.05) is 0 Å². The van der Waals surface area contributed by atoms with Crippen molar-refractivity contribution in [2.75, 3.05) is 0 Å². The molecule has 126 valence electrons. The van der Waals surface area contributed by atoms with Crippen LogP contribution in [0.4, 0.5) is 0 Å². The maximum Gasteiger partial charge on any atom is 0.0407 e. The van der Waals surface area contributed by atoms with Gasteiger partial charge in [0.15, 0.2) is 0 Å². The summed E-state index contributed by atoms with van der Waals surface area (Å²) >= 11 is 0. The van der Waals surface area contributed by atoms with E-state index in [-0.39, 0.29) is 5.54 Å². The lowest BCUT2D eigenvalue weighted by Gasteiger charge is -2.58. The van der Waals surface area contributed by atoms with Gasteiger partial charge in [-0.15, -0.1) is 0 Å². The van der Waals surface area contributed by atoms with E-state index in [0.717, 1.165) is 60.5 Å². The molecule has 0 aliphatic heterocycles. The minimum absolute atomic E-state index is 0.0806. The highest BCUT2D eigenvalue weighted by atomic mass is 14.9. The predicted octanol–water partition coefficient (Wildman–Crippen LogP) is 4.40. The van der Waals surface area contributed by atoms with Crippen LogP contribution in [0.1, 0.15) is 59.3 Å². The normalized spacial score (nSPS) is 60.3. The first-order valence-electron chi connectivity index (χ1n) is 9.97. The summed E-state index contributed by atoms with van der Waals surface area (Å²) in [6.07, 6.45) is 9.47. The minimum atomic E-state index is -0.0806. The van der Waals surface area contributed by atoms with Crippen molar-refractivity contribution in [3.8, 4) is 0 Å². The zero-order chi connectivity index (χ0) is 16.1. The van der Waals surface area contributed by atoms with Crippen LogP contribution in [-0.2, 0) is 0 Å². The van der Waals surface area contributed by atoms with Gasteiger partial charge in [-0.2, -0.15) is 0 Å². The molecule has 0 heterocycles. The molecule has 0 aromatic heterocycles. The zero-order valence-electron chi connectivity index (χ0n) is 14.9. The lowest BCUT2D eigenvalue weighted by Crippen LogP contribution is -2.61. The molecular formula is C21H32N2. The Morgan fingerprint density at radius 1 is 1.13 bits per heavy atom. The Morgan fingerprint density at radius 3 is 2.65 bits per heavy atom. The van der Waals surface area contributed by atoms with Crippen molar-refractivity contribution in [2.45, 2.75) is 64.8 Å². The van der Waals surface area contributed by atoms with Crippen LogP contribution in [0.5, 0.6) is 0 Å². The van der Waals surface area contributed by atoms with Gasteiger partial charge in [-0.25, -0.2) is 0 Å². The molecule has 5 aliphatic carbocycles. The summed E-state index contributed by atoms with van der Waals surface area (Å²) in [6, 6.07) is 0. The van der Waals surface area contributed by atoms with E-state index < -0.39 is 0 Å². The van der Waals surface area contributed by atoms with Gasteiger partial charge >= 0.3 is 0 Å². The Hall–Kier alpha value is -0.630. The third kappa shape index (κ3) is 1.57. The van der Waals surface area contributed by atoms with Crippen molar-refractivity contribution in [3.05, 3.63) is 11.6 Å². The van der Waals surface area contributed by atoms with E-state index in [1.165, 1.54) is 24.8 Å². The second kappa shape index (κ2) is 4.31. The van der Waals surface area contributed by atoms with E-state index in [1.54, 1.807) is 0 Å². The molecule has 0 aromatic rings. The van der Waals surface area contributed by atoms with Crippen LogP contribution >= 0.6 is 0 Å². The van der Waals surface area contributed by atoms with Gasteiger partial charge in [0, 0.05) is 11.3 Å². The standard InChI is InChI=1S/C21H32N2/c1-11-8-14-10-15(22)4-7-21(14,23)16-5-6-20-13(3)19(20)12(2)9-17(20)18(11)16/h10-13,16-19,22H,4-9,23H2,1-3H3. The SMILES string of the molecule is CC1CC2=CC(=N)CCC2(N)C2CCC34C(C)C3C(C)CC4C12. The monoisotopic (exact) mass is 312 g/mol. The van der Waals surface area contributed by atoms with Gasteiger partial charge in [0.05, 0.1) is 0 Å². The van der Waals surface area contributed by atoms with Crippen LogP contribution in [0.15, 0.2) is 11.6 Å². The van der Waals surface area contributed by atoms with Crippen molar-refractivity contribution in [1.29, 1.82) is 5.41 Å². The first kappa shape index (κ1) is 14.7. The molecule has 0 amide bonds. The topological polar surface area (TPSA) is 49.9 Å². The molecule has 3 N–H and O–H groups in total. The van der Waals surface area contributed by atoms with E-state index in [2.05, 4.69) is 26.8 Å². The summed E-state index contributed by atoms with van der Waals surface area (Å²) in [5.41, 5.74) is 9.94. The summed E-state index contributed by atoms with van der Waals surface area (Å²) in [4.78, 5) is 0. The lowest BCUT2D eigenvalue weighted by atomic mass is 9.49. The number of rotatable bonds is 0. The summed E-state index contributed by atoms with van der Waals surface area (Å²) in [5, 5.41) is 8.07. The Labute approximate surface area is 140 Å². The van der Waals surface area contributed by atoms with E-state index in [9.17, 15) is 0 Å². The quantitative estimate of drug-likeness (QED) is 0.684. The number of fused-ring (bicyclic) bond motifs is 4.